The van der Waals surface area contributed by atoms with Gasteiger partial charge in [0.1, 0.15) is 24.0 Å². The van der Waals surface area contributed by atoms with Crippen molar-refractivity contribution in [3.8, 4) is 5.75 Å². The minimum absolute atomic E-state index is 0.0142. The predicted octanol–water partition coefficient (Wildman–Crippen LogP) is 5.73. The second-order valence-corrected chi connectivity index (χ2v) is 7.35. The maximum atomic E-state index is 14.2. The summed E-state index contributed by atoms with van der Waals surface area (Å²) < 4.78 is 33.9. The number of halogens is 4. The van der Waals surface area contributed by atoms with Crippen molar-refractivity contribution >= 4 is 40.8 Å². The summed E-state index contributed by atoms with van der Waals surface area (Å²) in [6.45, 7) is 0.189. The minimum Gasteiger partial charge on any atom is -0.489 e. The van der Waals surface area contributed by atoms with E-state index in [0.717, 1.165) is 17.7 Å². The maximum Gasteiger partial charge on any atom is 0.307 e. The molecule has 0 aliphatic heterocycles. The molecule has 0 aliphatic rings. The first-order chi connectivity index (χ1) is 14.7. The van der Waals surface area contributed by atoms with Crippen LogP contribution < -0.4 is 10.1 Å². The number of hydrogen-bond acceptors (Lipinski definition) is 3. The van der Waals surface area contributed by atoms with Gasteiger partial charge in [0.15, 0.2) is 0 Å². The normalized spacial score (nSPS) is 10.6. The molecule has 1 amide bonds. The van der Waals surface area contributed by atoms with Crippen molar-refractivity contribution in [2.45, 2.75) is 13.0 Å². The number of benzene rings is 3. The Labute approximate surface area is 186 Å². The van der Waals surface area contributed by atoms with Crippen LogP contribution in [0.15, 0.2) is 54.6 Å². The number of rotatable bonds is 7. The van der Waals surface area contributed by atoms with Crippen molar-refractivity contribution in [3.63, 3.8) is 0 Å². The molecule has 0 aliphatic carbocycles. The van der Waals surface area contributed by atoms with Crippen LogP contribution in [0.1, 0.15) is 21.5 Å². The van der Waals surface area contributed by atoms with Crippen molar-refractivity contribution < 1.29 is 28.2 Å². The van der Waals surface area contributed by atoms with Gasteiger partial charge in [-0.3, -0.25) is 9.59 Å². The highest BCUT2D eigenvalue weighted by molar-refractivity contribution is 6.34. The third kappa shape index (κ3) is 5.93. The van der Waals surface area contributed by atoms with Gasteiger partial charge in [0.2, 0.25) is 0 Å². The van der Waals surface area contributed by atoms with Gasteiger partial charge < -0.3 is 15.2 Å². The lowest BCUT2D eigenvalue weighted by Gasteiger charge is -2.12. The van der Waals surface area contributed by atoms with Crippen LogP contribution in [-0.4, -0.2) is 17.0 Å². The molecule has 3 aromatic carbocycles. The fraction of sp³-hybridized carbons (Fsp3) is 0.0909. The summed E-state index contributed by atoms with van der Waals surface area (Å²) >= 11 is 12.0. The first-order valence-corrected chi connectivity index (χ1v) is 9.66. The molecule has 2 N–H and O–H groups in total. The molecule has 9 heteroatoms. The van der Waals surface area contributed by atoms with Gasteiger partial charge in [-0.1, -0.05) is 35.3 Å². The Balaban J connectivity index is 1.76. The van der Waals surface area contributed by atoms with Crippen molar-refractivity contribution in [1.29, 1.82) is 0 Å². The third-order valence-electron chi connectivity index (χ3n) is 4.20. The zero-order valence-corrected chi connectivity index (χ0v) is 17.3. The van der Waals surface area contributed by atoms with Crippen LogP contribution in [0, 0.1) is 11.6 Å². The summed E-state index contributed by atoms with van der Waals surface area (Å²) in [6.07, 6.45) is -0.686. The lowest BCUT2D eigenvalue weighted by molar-refractivity contribution is -0.136. The van der Waals surface area contributed by atoms with Gasteiger partial charge in [-0.05, 0) is 42.0 Å². The van der Waals surface area contributed by atoms with E-state index in [2.05, 4.69) is 5.32 Å². The molecule has 5 nitrogen and oxygen atoms in total. The Morgan fingerprint density at radius 3 is 2.48 bits per heavy atom. The number of hydrogen-bond donors (Lipinski definition) is 2. The number of carbonyl (C=O) groups excluding carboxylic acids is 1. The van der Waals surface area contributed by atoms with E-state index in [0.29, 0.717) is 10.8 Å². The van der Waals surface area contributed by atoms with E-state index in [9.17, 15) is 18.4 Å². The van der Waals surface area contributed by atoms with Crippen LogP contribution in [0.3, 0.4) is 0 Å². The second kappa shape index (κ2) is 9.76. The lowest BCUT2D eigenvalue weighted by Crippen LogP contribution is -2.15. The molecule has 0 radical (unpaired) electrons. The number of carbonyl (C=O) groups is 2. The van der Waals surface area contributed by atoms with E-state index >= 15 is 0 Å². The smallest absolute Gasteiger partial charge is 0.307 e. The molecule has 3 aromatic rings. The summed E-state index contributed by atoms with van der Waals surface area (Å²) in [7, 11) is 0. The third-order valence-corrected chi connectivity index (χ3v) is 4.77. The highest BCUT2D eigenvalue weighted by atomic mass is 35.5. The summed E-state index contributed by atoms with van der Waals surface area (Å²) in [4.78, 5) is 23.3. The van der Waals surface area contributed by atoms with Crippen molar-refractivity contribution in [2.75, 3.05) is 5.32 Å². The van der Waals surface area contributed by atoms with E-state index in [-0.39, 0.29) is 22.8 Å². The summed E-state index contributed by atoms with van der Waals surface area (Å²) in [6, 6.07) is 12.9. The van der Waals surface area contributed by atoms with Gasteiger partial charge in [0, 0.05) is 16.7 Å². The molecule has 0 unspecified atom stereocenters. The molecule has 0 bridgehead atoms. The Kier molecular flexibility index (Phi) is 7.09. The van der Waals surface area contributed by atoms with Gasteiger partial charge in [-0.15, -0.1) is 0 Å². The lowest BCUT2D eigenvalue weighted by atomic mass is 10.1. The molecule has 0 saturated heterocycles. The van der Waals surface area contributed by atoms with E-state index in [1.807, 2.05) is 6.07 Å². The maximum absolute atomic E-state index is 14.2. The van der Waals surface area contributed by atoms with Gasteiger partial charge in [-0.2, -0.15) is 0 Å². The Bertz CT molecular complexity index is 1150. The largest absolute Gasteiger partial charge is 0.489 e. The molecular weight excluding hydrogens is 451 g/mol. The van der Waals surface area contributed by atoms with E-state index in [1.54, 1.807) is 24.3 Å². The van der Waals surface area contributed by atoms with Gasteiger partial charge in [-0.25, -0.2) is 8.78 Å². The molecule has 0 heterocycles. The predicted molar refractivity (Wildman–Crippen MR) is 113 cm³/mol. The van der Waals surface area contributed by atoms with Crippen LogP contribution >= 0.6 is 23.2 Å². The zero-order chi connectivity index (χ0) is 22.5. The molecule has 0 fully saturated rings. The van der Waals surface area contributed by atoms with E-state index in [1.165, 1.54) is 12.1 Å². The standard InChI is InChI=1S/C22H15Cl2F2NO4/c23-14-3-1-2-12(6-14)11-31-15-4-5-17(24)16(9-15)22(30)27-20-10-18(25)13(7-19(20)26)8-21(28)29/h1-7,9-10H,8,11H2,(H,27,30)(H,28,29). The number of anilines is 1. The number of carboxylic acid groups (broad SMARTS) is 1. The van der Waals surface area contributed by atoms with Crippen LogP contribution in [0.5, 0.6) is 5.75 Å². The van der Waals surface area contributed by atoms with Crippen molar-refractivity contribution in [3.05, 3.63) is 93.0 Å². The Morgan fingerprint density at radius 1 is 1.00 bits per heavy atom. The second-order valence-electron chi connectivity index (χ2n) is 6.51. The minimum atomic E-state index is -1.31. The zero-order valence-electron chi connectivity index (χ0n) is 15.8. The molecule has 0 spiro atoms. The number of carboxylic acids is 1. The van der Waals surface area contributed by atoms with Gasteiger partial charge >= 0.3 is 5.97 Å². The number of nitrogens with one attached hydrogen (secondary N) is 1. The highest BCUT2D eigenvalue weighted by Gasteiger charge is 2.17. The van der Waals surface area contributed by atoms with E-state index < -0.39 is 35.6 Å². The quantitative estimate of drug-likeness (QED) is 0.467. The van der Waals surface area contributed by atoms with Crippen molar-refractivity contribution in [2.24, 2.45) is 0 Å². The number of aliphatic carboxylic acids is 1. The average Bonchev–Trinajstić information content (AvgIpc) is 2.70. The summed E-state index contributed by atoms with van der Waals surface area (Å²) in [5.41, 5.74) is 0.0162. The van der Waals surface area contributed by atoms with Crippen molar-refractivity contribution in [1.82, 2.24) is 0 Å². The molecule has 0 aromatic heterocycles. The first-order valence-electron chi connectivity index (χ1n) is 8.91. The average molecular weight is 466 g/mol. The molecule has 0 saturated carbocycles. The summed E-state index contributed by atoms with van der Waals surface area (Å²) in [5.74, 6) is -3.70. The Hall–Kier alpha value is -3.16. The van der Waals surface area contributed by atoms with Crippen LogP contribution in [0.25, 0.3) is 0 Å². The molecule has 3 rings (SSSR count). The van der Waals surface area contributed by atoms with Gasteiger partial charge in [0.05, 0.1) is 22.7 Å². The molecular formula is C22H15Cl2F2NO4. The number of amides is 1. The highest BCUT2D eigenvalue weighted by Crippen LogP contribution is 2.26. The molecule has 0 atom stereocenters. The van der Waals surface area contributed by atoms with Crippen LogP contribution in [0.2, 0.25) is 10.0 Å². The van der Waals surface area contributed by atoms with Gasteiger partial charge in [0.25, 0.3) is 5.91 Å². The Morgan fingerprint density at radius 2 is 1.77 bits per heavy atom. The first kappa shape index (κ1) is 22.5. The van der Waals surface area contributed by atoms with E-state index in [4.69, 9.17) is 33.0 Å². The monoisotopic (exact) mass is 465 g/mol. The van der Waals surface area contributed by atoms with Crippen LogP contribution in [0.4, 0.5) is 14.5 Å². The summed E-state index contributed by atoms with van der Waals surface area (Å²) in [5, 5.41) is 11.6. The fourth-order valence-electron chi connectivity index (χ4n) is 2.73. The topological polar surface area (TPSA) is 75.6 Å². The number of ether oxygens (including phenoxy) is 1. The fourth-order valence-corrected chi connectivity index (χ4v) is 3.15. The molecule has 160 valence electrons. The SMILES string of the molecule is O=C(O)Cc1cc(F)c(NC(=O)c2cc(OCc3cccc(Cl)c3)ccc2Cl)cc1F. The van der Waals surface area contributed by atoms with Crippen LogP contribution in [-0.2, 0) is 17.8 Å². The molecule has 31 heavy (non-hydrogen) atoms.